The minimum atomic E-state index is -0.697. The molecule has 0 bridgehead atoms. The molecule has 2 aromatic rings. The van der Waals surface area contributed by atoms with Gasteiger partial charge in [0.05, 0.1) is 6.10 Å². The molecule has 0 amide bonds. The van der Waals surface area contributed by atoms with E-state index >= 15 is 0 Å². The summed E-state index contributed by atoms with van der Waals surface area (Å²) < 4.78 is 13.9. The average Bonchev–Trinajstić information content (AvgIpc) is 2.27. The summed E-state index contributed by atoms with van der Waals surface area (Å²) in [6, 6.07) is 11.6. The molecule has 0 aliphatic carbocycles. The zero-order chi connectivity index (χ0) is 13.1. The molecule has 0 aliphatic heterocycles. The molecule has 4 heteroatoms. The first kappa shape index (κ1) is 13.5. The molecule has 0 spiro atoms. The minimum absolute atomic E-state index is 0.322. The number of benzene rings is 2. The molecule has 0 saturated carbocycles. The number of hydrogen-bond acceptors (Lipinski definition) is 1. The molecule has 1 N–H and O–H groups in total. The largest absolute Gasteiger partial charge is 0.388 e. The monoisotopic (exact) mass is 328 g/mol. The molecule has 0 radical (unpaired) electrons. The minimum Gasteiger partial charge on any atom is -0.388 e. The van der Waals surface area contributed by atoms with Crippen LogP contribution in [0.15, 0.2) is 46.9 Å². The van der Waals surface area contributed by atoms with E-state index in [1.807, 2.05) is 0 Å². The number of rotatable bonds is 3. The van der Waals surface area contributed by atoms with Gasteiger partial charge in [-0.1, -0.05) is 39.7 Å². The van der Waals surface area contributed by atoms with E-state index in [1.165, 1.54) is 12.1 Å². The zero-order valence-electron chi connectivity index (χ0n) is 9.41. The molecule has 0 fully saturated rings. The molecule has 1 nitrogen and oxygen atoms in total. The molecule has 1 atom stereocenters. The summed E-state index contributed by atoms with van der Waals surface area (Å²) in [7, 11) is 0. The van der Waals surface area contributed by atoms with Crippen LogP contribution < -0.4 is 0 Å². The molecule has 2 rings (SSSR count). The number of aliphatic hydroxyl groups excluding tert-OH is 1. The lowest BCUT2D eigenvalue weighted by Gasteiger charge is -2.11. The van der Waals surface area contributed by atoms with E-state index < -0.39 is 6.10 Å². The van der Waals surface area contributed by atoms with E-state index in [9.17, 15) is 9.50 Å². The van der Waals surface area contributed by atoms with Gasteiger partial charge in [0, 0.05) is 15.9 Å². The van der Waals surface area contributed by atoms with Crippen LogP contribution in [-0.4, -0.2) is 5.11 Å². The Morgan fingerprint density at radius 3 is 2.67 bits per heavy atom. The molecule has 0 aliphatic rings. The molecule has 2 aromatic carbocycles. The van der Waals surface area contributed by atoms with Crippen molar-refractivity contribution in [2.45, 2.75) is 12.5 Å². The van der Waals surface area contributed by atoms with Crippen molar-refractivity contribution in [2.24, 2.45) is 0 Å². The van der Waals surface area contributed by atoms with Crippen molar-refractivity contribution in [1.29, 1.82) is 0 Å². The summed E-state index contributed by atoms with van der Waals surface area (Å²) in [6.07, 6.45) is -0.353. The van der Waals surface area contributed by atoms with E-state index in [4.69, 9.17) is 11.6 Å². The van der Waals surface area contributed by atoms with Gasteiger partial charge in [0.25, 0.3) is 0 Å². The van der Waals surface area contributed by atoms with Gasteiger partial charge in [0.1, 0.15) is 5.82 Å². The van der Waals surface area contributed by atoms with Gasteiger partial charge >= 0.3 is 0 Å². The summed E-state index contributed by atoms with van der Waals surface area (Å²) in [6.45, 7) is 0. The van der Waals surface area contributed by atoms with Gasteiger partial charge in [-0.2, -0.15) is 0 Å². The first-order chi connectivity index (χ1) is 8.54. The van der Waals surface area contributed by atoms with Crippen LogP contribution in [0.3, 0.4) is 0 Å². The van der Waals surface area contributed by atoms with Crippen LogP contribution in [0, 0.1) is 5.82 Å². The summed E-state index contributed by atoms with van der Waals surface area (Å²) in [4.78, 5) is 0. The third kappa shape index (κ3) is 3.55. The van der Waals surface area contributed by atoms with Crippen LogP contribution in [-0.2, 0) is 6.42 Å². The SMILES string of the molecule is OC(Cc1cc(F)cc(Br)c1)c1cccc(Cl)c1. The topological polar surface area (TPSA) is 20.2 Å². The Morgan fingerprint density at radius 2 is 2.00 bits per heavy atom. The van der Waals surface area contributed by atoms with E-state index in [-0.39, 0.29) is 5.82 Å². The number of hydrogen-bond donors (Lipinski definition) is 1. The third-order valence-electron chi connectivity index (χ3n) is 2.58. The fourth-order valence-electron chi connectivity index (χ4n) is 1.78. The molecular formula is C14H11BrClFO. The molecule has 0 saturated heterocycles. The number of aliphatic hydroxyl groups is 1. The normalized spacial score (nSPS) is 12.4. The molecule has 0 heterocycles. The quantitative estimate of drug-likeness (QED) is 0.878. The number of halogens is 3. The van der Waals surface area contributed by atoms with E-state index in [2.05, 4.69) is 15.9 Å². The predicted octanol–water partition coefficient (Wildman–Crippen LogP) is 4.52. The Labute approximate surface area is 118 Å². The Morgan fingerprint density at radius 1 is 1.22 bits per heavy atom. The Bertz CT molecular complexity index is 539. The maximum Gasteiger partial charge on any atom is 0.124 e. The maximum atomic E-state index is 13.2. The predicted molar refractivity (Wildman–Crippen MR) is 74.2 cm³/mol. The van der Waals surface area contributed by atoms with Crippen LogP contribution in [0.5, 0.6) is 0 Å². The van der Waals surface area contributed by atoms with E-state index in [1.54, 1.807) is 30.3 Å². The second-order valence-corrected chi connectivity index (χ2v) is 5.40. The highest BCUT2D eigenvalue weighted by Gasteiger charge is 2.10. The Balaban J connectivity index is 2.18. The Kier molecular flexibility index (Phi) is 4.38. The molecule has 1 unspecified atom stereocenters. The molecule has 94 valence electrons. The van der Waals surface area contributed by atoms with Crippen LogP contribution in [0.2, 0.25) is 5.02 Å². The highest BCUT2D eigenvalue weighted by atomic mass is 79.9. The van der Waals surface area contributed by atoms with Crippen LogP contribution >= 0.6 is 27.5 Å². The summed E-state index contributed by atoms with van der Waals surface area (Å²) in [5.74, 6) is -0.322. The van der Waals surface area contributed by atoms with Crippen molar-refractivity contribution in [1.82, 2.24) is 0 Å². The molecule has 0 aromatic heterocycles. The smallest absolute Gasteiger partial charge is 0.124 e. The summed E-state index contributed by atoms with van der Waals surface area (Å²) >= 11 is 9.09. The first-order valence-corrected chi connectivity index (χ1v) is 6.60. The van der Waals surface area contributed by atoms with Gasteiger partial charge in [0.15, 0.2) is 0 Å². The van der Waals surface area contributed by atoms with E-state index in [0.717, 1.165) is 11.1 Å². The van der Waals surface area contributed by atoms with Crippen molar-refractivity contribution in [3.8, 4) is 0 Å². The van der Waals surface area contributed by atoms with Crippen molar-refractivity contribution >= 4 is 27.5 Å². The fourth-order valence-corrected chi connectivity index (χ4v) is 2.50. The van der Waals surface area contributed by atoms with Crippen molar-refractivity contribution in [2.75, 3.05) is 0 Å². The molecular weight excluding hydrogens is 319 g/mol. The summed E-state index contributed by atoms with van der Waals surface area (Å²) in [5.41, 5.74) is 1.46. The first-order valence-electron chi connectivity index (χ1n) is 5.43. The van der Waals surface area contributed by atoms with Gasteiger partial charge in [-0.05, 0) is 41.5 Å². The average molecular weight is 330 g/mol. The standard InChI is InChI=1S/C14H11BrClFO/c15-11-4-9(5-13(17)8-11)6-14(18)10-2-1-3-12(16)7-10/h1-5,7-8,14,18H,6H2. The molecule has 18 heavy (non-hydrogen) atoms. The second-order valence-electron chi connectivity index (χ2n) is 4.05. The highest BCUT2D eigenvalue weighted by Crippen LogP contribution is 2.23. The second kappa shape index (κ2) is 5.83. The van der Waals surface area contributed by atoms with Crippen molar-refractivity contribution < 1.29 is 9.50 Å². The van der Waals surface area contributed by atoms with Crippen molar-refractivity contribution in [3.63, 3.8) is 0 Å². The lowest BCUT2D eigenvalue weighted by Crippen LogP contribution is -2.02. The maximum absolute atomic E-state index is 13.2. The lowest BCUT2D eigenvalue weighted by atomic mass is 10.0. The lowest BCUT2D eigenvalue weighted by molar-refractivity contribution is 0.178. The van der Waals surface area contributed by atoms with Gasteiger partial charge in [0.2, 0.25) is 0 Å². The van der Waals surface area contributed by atoms with Gasteiger partial charge < -0.3 is 5.11 Å². The van der Waals surface area contributed by atoms with Gasteiger partial charge in [-0.3, -0.25) is 0 Å². The van der Waals surface area contributed by atoms with Gasteiger partial charge in [-0.15, -0.1) is 0 Å². The third-order valence-corrected chi connectivity index (χ3v) is 3.28. The Hall–Kier alpha value is -0.900. The van der Waals surface area contributed by atoms with E-state index in [0.29, 0.717) is 15.9 Å². The zero-order valence-corrected chi connectivity index (χ0v) is 11.7. The summed E-state index contributed by atoms with van der Waals surface area (Å²) in [5, 5.41) is 10.7. The highest BCUT2D eigenvalue weighted by molar-refractivity contribution is 9.10. The van der Waals surface area contributed by atoms with Crippen molar-refractivity contribution in [3.05, 3.63) is 68.9 Å². The fraction of sp³-hybridized carbons (Fsp3) is 0.143. The van der Waals surface area contributed by atoms with Crippen LogP contribution in [0.25, 0.3) is 0 Å². The van der Waals surface area contributed by atoms with Crippen LogP contribution in [0.1, 0.15) is 17.2 Å². The van der Waals surface area contributed by atoms with Crippen LogP contribution in [0.4, 0.5) is 4.39 Å². The van der Waals surface area contributed by atoms with Gasteiger partial charge in [-0.25, -0.2) is 4.39 Å².